The number of hydrogen-bond acceptors (Lipinski definition) is 6. The number of nitrogens with one attached hydrogen (secondary N) is 3. The number of amides is 4. The van der Waals surface area contributed by atoms with E-state index in [-0.39, 0.29) is 29.7 Å². The van der Waals surface area contributed by atoms with Gasteiger partial charge in [0.2, 0.25) is 17.6 Å². The van der Waals surface area contributed by atoms with E-state index in [1.807, 2.05) is 27.7 Å². The van der Waals surface area contributed by atoms with E-state index in [0.717, 1.165) is 0 Å². The van der Waals surface area contributed by atoms with E-state index in [9.17, 15) is 24.0 Å². The number of carbonyl (C=O) groups excluding carboxylic acids is 5. The van der Waals surface area contributed by atoms with Gasteiger partial charge in [0.25, 0.3) is 5.91 Å². The number of carbonyl (C=O) groups is 5. The summed E-state index contributed by atoms with van der Waals surface area (Å²) in [6.45, 7) is 21.0. The zero-order valence-corrected chi connectivity index (χ0v) is 25.1. The molecule has 5 atom stereocenters. The third kappa shape index (κ3) is 7.82. The maximum atomic E-state index is 13.9. The summed E-state index contributed by atoms with van der Waals surface area (Å²) < 4.78 is 5.40. The van der Waals surface area contributed by atoms with Crippen LogP contribution < -0.4 is 16.0 Å². The molecule has 0 aromatic carbocycles. The first-order valence-corrected chi connectivity index (χ1v) is 13.9. The standard InChI is InChI=1S/C29H48N4O6/c1-11-13-15-30-24(36)21(34)18(14-12-2)31-23(35)20-19-17(29(19,9)10)16-33(20)25(37)22(27(3,4)5)32-26(38)39-28(6,7)8/h11,17-20,22H,1,12-16H2,2-10H3,(H,30,36)(H,31,35)(H,32,38)/t17?,18-,19?,20+,22-/m1/s1. The van der Waals surface area contributed by atoms with Gasteiger partial charge < -0.3 is 25.6 Å². The first-order valence-electron chi connectivity index (χ1n) is 13.9. The lowest BCUT2D eigenvalue weighted by Gasteiger charge is -2.38. The average Bonchev–Trinajstić information content (AvgIpc) is 3.14. The van der Waals surface area contributed by atoms with Gasteiger partial charge in [-0.2, -0.15) is 0 Å². The molecule has 0 bridgehead atoms. The molecule has 1 aliphatic heterocycles. The fraction of sp³-hybridized carbons (Fsp3) is 0.759. The van der Waals surface area contributed by atoms with Crippen molar-refractivity contribution in [2.24, 2.45) is 22.7 Å². The number of ether oxygens (including phenoxy) is 1. The lowest BCUT2D eigenvalue weighted by atomic mass is 9.85. The van der Waals surface area contributed by atoms with Crippen LogP contribution >= 0.6 is 0 Å². The second-order valence-corrected chi connectivity index (χ2v) is 13.4. The number of likely N-dealkylation sites (tertiary alicyclic amines) is 1. The van der Waals surface area contributed by atoms with Gasteiger partial charge in [-0.25, -0.2) is 4.79 Å². The molecule has 2 rings (SSSR count). The number of nitrogens with zero attached hydrogens (tertiary/aromatic N) is 1. The van der Waals surface area contributed by atoms with Gasteiger partial charge in [-0.1, -0.05) is 54.0 Å². The number of alkyl carbamates (subject to hydrolysis) is 1. The van der Waals surface area contributed by atoms with Crippen molar-refractivity contribution >= 4 is 29.6 Å². The lowest BCUT2D eigenvalue weighted by molar-refractivity contribution is -0.145. The topological polar surface area (TPSA) is 134 Å². The minimum absolute atomic E-state index is 0.0950. The maximum absolute atomic E-state index is 13.9. The molecule has 1 aliphatic carbocycles. The zero-order chi connectivity index (χ0) is 29.9. The first-order chi connectivity index (χ1) is 17.9. The Morgan fingerprint density at radius 1 is 1.08 bits per heavy atom. The predicted octanol–water partition coefficient (Wildman–Crippen LogP) is 2.96. The van der Waals surface area contributed by atoms with Crippen LogP contribution in [0.1, 0.15) is 81.6 Å². The Bertz CT molecular complexity index is 977. The Morgan fingerprint density at radius 3 is 2.21 bits per heavy atom. The van der Waals surface area contributed by atoms with Crippen molar-refractivity contribution in [2.75, 3.05) is 13.1 Å². The Morgan fingerprint density at radius 2 is 1.69 bits per heavy atom. The van der Waals surface area contributed by atoms with Crippen molar-refractivity contribution in [1.29, 1.82) is 0 Å². The third-order valence-electron chi connectivity index (χ3n) is 7.60. The average molecular weight is 549 g/mol. The van der Waals surface area contributed by atoms with Crippen LogP contribution in [0.5, 0.6) is 0 Å². The molecule has 1 saturated heterocycles. The van der Waals surface area contributed by atoms with Crippen molar-refractivity contribution in [2.45, 2.75) is 105 Å². The van der Waals surface area contributed by atoms with Crippen LogP contribution in [0.3, 0.4) is 0 Å². The number of ketones is 1. The van der Waals surface area contributed by atoms with Gasteiger partial charge in [0.15, 0.2) is 0 Å². The molecule has 0 aromatic rings. The summed E-state index contributed by atoms with van der Waals surface area (Å²) in [5.74, 6) is -2.29. The second-order valence-electron chi connectivity index (χ2n) is 13.4. The summed E-state index contributed by atoms with van der Waals surface area (Å²) in [5, 5.41) is 8.07. The number of fused-ring (bicyclic) bond motifs is 1. The molecule has 2 fully saturated rings. The number of rotatable bonds is 11. The molecule has 0 radical (unpaired) electrons. The van der Waals surface area contributed by atoms with Gasteiger partial charge in [0.1, 0.15) is 17.7 Å². The van der Waals surface area contributed by atoms with Gasteiger partial charge in [-0.05, 0) is 56.3 Å². The molecule has 3 N–H and O–H groups in total. The van der Waals surface area contributed by atoms with Gasteiger partial charge >= 0.3 is 6.09 Å². The third-order valence-corrected chi connectivity index (χ3v) is 7.60. The molecule has 0 spiro atoms. The Balaban J connectivity index is 2.28. The molecule has 2 unspecified atom stereocenters. The summed E-state index contributed by atoms with van der Waals surface area (Å²) in [6, 6.07) is -2.76. The first kappa shape index (κ1) is 32.3. The van der Waals surface area contributed by atoms with Gasteiger partial charge in [0.05, 0.1) is 6.04 Å². The van der Waals surface area contributed by atoms with Crippen LogP contribution in [-0.4, -0.2) is 71.3 Å². The molecule has 10 nitrogen and oxygen atoms in total. The maximum Gasteiger partial charge on any atom is 0.408 e. The Kier molecular flexibility index (Phi) is 10.0. The summed E-state index contributed by atoms with van der Waals surface area (Å²) in [5.41, 5.74) is -1.56. The highest BCUT2D eigenvalue weighted by atomic mass is 16.6. The summed E-state index contributed by atoms with van der Waals surface area (Å²) >= 11 is 0. The van der Waals surface area contributed by atoms with E-state index in [4.69, 9.17) is 4.74 Å². The van der Waals surface area contributed by atoms with Crippen molar-refractivity contribution in [1.82, 2.24) is 20.9 Å². The molecule has 0 aromatic heterocycles. The molecule has 2 aliphatic rings. The summed E-state index contributed by atoms with van der Waals surface area (Å²) in [4.78, 5) is 67.1. The molecule has 220 valence electrons. The van der Waals surface area contributed by atoms with Gasteiger partial charge in [0, 0.05) is 13.1 Å². The highest BCUT2D eigenvalue weighted by Crippen LogP contribution is 2.65. The molecule has 1 heterocycles. The quantitative estimate of drug-likeness (QED) is 0.207. The zero-order valence-electron chi connectivity index (χ0n) is 25.1. The van der Waals surface area contributed by atoms with E-state index >= 15 is 0 Å². The van der Waals surface area contributed by atoms with Crippen LogP contribution in [0.4, 0.5) is 4.79 Å². The van der Waals surface area contributed by atoms with E-state index < -0.39 is 52.8 Å². The van der Waals surface area contributed by atoms with Crippen LogP contribution in [0.15, 0.2) is 12.7 Å². The Hall–Kier alpha value is -2.91. The van der Waals surface area contributed by atoms with Crippen LogP contribution in [0.2, 0.25) is 0 Å². The van der Waals surface area contributed by atoms with E-state index in [0.29, 0.717) is 25.8 Å². The van der Waals surface area contributed by atoms with Crippen molar-refractivity contribution < 1.29 is 28.7 Å². The lowest BCUT2D eigenvalue weighted by Crippen LogP contribution is -2.60. The molecule has 39 heavy (non-hydrogen) atoms. The van der Waals surface area contributed by atoms with Crippen LogP contribution in [0.25, 0.3) is 0 Å². The van der Waals surface area contributed by atoms with Crippen LogP contribution in [0, 0.1) is 22.7 Å². The SMILES string of the molecule is C=CCCNC(=O)C(=O)[C@@H](CCC)NC(=O)[C@@H]1C2C(CN1C(=O)[C@@H](NC(=O)OC(C)(C)C)C(C)(C)C)C2(C)C. The molecular weight excluding hydrogens is 500 g/mol. The van der Waals surface area contributed by atoms with Gasteiger partial charge in [-0.3, -0.25) is 19.2 Å². The van der Waals surface area contributed by atoms with E-state index in [1.54, 1.807) is 26.8 Å². The monoisotopic (exact) mass is 548 g/mol. The largest absolute Gasteiger partial charge is 0.444 e. The highest BCUT2D eigenvalue weighted by molar-refractivity contribution is 6.38. The van der Waals surface area contributed by atoms with E-state index in [2.05, 4.69) is 36.4 Å². The molecule has 4 amide bonds. The minimum atomic E-state index is -0.998. The summed E-state index contributed by atoms with van der Waals surface area (Å²) in [6.07, 6.45) is 2.32. The molecular formula is C29H48N4O6. The van der Waals surface area contributed by atoms with Gasteiger partial charge in [-0.15, -0.1) is 6.58 Å². The van der Waals surface area contributed by atoms with Crippen molar-refractivity contribution in [3.05, 3.63) is 12.7 Å². The number of Topliss-reactive ketones (excluding diaryl/α,β-unsaturated/α-hetero) is 1. The molecule has 1 saturated carbocycles. The van der Waals surface area contributed by atoms with E-state index in [1.165, 1.54) is 4.90 Å². The fourth-order valence-corrected chi connectivity index (χ4v) is 5.40. The fourth-order valence-electron chi connectivity index (χ4n) is 5.40. The number of hydrogen-bond donors (Lipinski definition) is 3. The molecule has 10 heteroatoms. The highest BCUT2D eigenvalue weighted by Gasteiger charge is 2.69. The predicted molar refractivity (Wildman–Crippen MR) is 149 cm³/mol. The Labute approximate surface area is 233 Å². The second kappa shape index (κ2) is 12.1. The van der Waals surface area contributed by atoms with Crippen molar-refractivity contribution in [3.8, 4) is 0 Å². The summed E-state index contributed by atoms with van der Waals surface area (Å²) in [7, 11) is 0. The minimum Gasteiger partial charge on any atom is -0.444 e. The van der Waals surface area contributed by atoms with Crippen LogP contribution in [-0.2, 0) is 23.9 Å². The van der Waals surface area contributed by atoms with Crippen molar-refractivity contribution in [3.63, 3.8) is 0 Å². The normalized spacial score (nSPS) is 23.1. The smallest absolute Gasteiger partial charge is 0.408 e. The number of piperidine rings is 1.